The molecule has 1 atom stereocenters. The fourth-order valence-corrected chi connectivity index (χ4v) is 8.86. The molecule has 0 aliphatic carbocycles. The number of benzene rings is 1. The zero-order valence-electron chi connectivity index (χ0n) is 20.5. The van der Waals surface area contributed by atoms with Crippen LogP contribution in [0.5, 0.6) is 0 Å². The lowest BCUT2D eigenvalue weighted by Gasteiger charge is -2.29. The van der Waals surface area contributed by atoms with Crippen molar-refractivity contribution in [3.63, 3.8) is 0 Å². The van der Waals surface area contributed by atoms with Crippen molar-refractivity contribution in [1.29, 1.82) is 0 Å². The highest BCUT2D eigenvalue weighted by Crippen LogP contribution is 2.36. The SMILES string of the molecule is CCN(CC)CCN(C(=O)C1CCCN1S(=O)(=O)c1ccc(Cl)s1)c1nc2c(C)ccc(C)c2s1. The maximum Gasteiger partial charge on any atom is 0.253 e. The smallest absolute Gasteiger partial charge is 0.253 e. The number of rotatable bonds is 9. The number of likely N-dealkylation sites (N-methyl/N-ethyl adjacent to an activating group) is 1. The minimum absolute atomic E-state index is 0.170. The van der Waals surface area contributed by atoms with Crippen molar-refractivity contribution in [2.24, 2.45) is 0 Å². The minimum Gasteiger partial charge on any atom is -0.302 e. The van der Waals surface area contributed by atoms with E-state index < -0.39 is 16.1 Å². The summed E-state index contributed by atoms with van der Waals surface area (Å²) in [4.78, 5) is 22.8. The average molecular weight is 555 g/mol. The summed E-state index contributed by atoms with van der Waals surface area (Å²) in [7, 11) is -3.81. The predicted molar refractivity (Wildman–Crippen MR) is 145 cm³/mol. The number of thiazole rings is 1. The third-order valence-corrected chi connectivity index (χ3v) is 11.4. The summed E-state index contributed by atoms with van der Waals surface area (Å²) in [6, 6.07) is 6.44. The van der Waals surface area contributed by atoms with Crippen molar-refractivity contribution < 1.29 is 13.2 Å². The van der Waals surface area contributed by atoms with Gasteiger partial charge in [-0.05, 0) is 63.0 Å². The van der Waals surface area contributed by atoms with Crippen molar-refractivity contribution in [2.75, 3.05) is 37.6 Å². The van der Waals surface area contributed by atoms with Gasteiger partial charge in [-0.15, -0.1) is 11.3 Å². The largest absolute Gasteiger partial charge is 0.302 e. The molecular formula is C24H31ClN4O3S3. The number of aromatic nitrogens is 1. The van der Waals surface area contributed by atoms with Gasteiger partial charge in [-0.3, -0.25) is 9.69 Å². The van der Waals surface area contributed by atoms with Gasteiger partial charge in [-0.25, -0.2) is 13.4 Å². The molecule has 35 heavy (non-hydrogen) atoms. The Kier molecular flexibility index (Phi) is 8.19. The number of sulfonamides is 1. The molecule has 3 heterocycles. The molecule has 0 saturated carbocycles. The highest BCUT2D eigenvalue weighted by Gasteiger charge is 2.42. The number of aryl methyl sites for hydroxylation is 2. The molecule has 4 rings (SSSR count). The van der Waals surface area contributed by atoms with E-state index in [4.69, 9.17) is 16.6 Å². The normalized spacial score (nSPS) is 17.0. The van der Waals surface area contributed by atoms with E-state index in [0.717, 1.165) is 45.8 Å². The number of fused-ring (bicyclic) bond motifs is 1. The van der Waals surface area contributed by atoms with E-state index in [9.17, 15) is 13.2 Å². The highest BCUT2D eigenvalue weighted by molar-refractivity contribution is 7.91. The van der Waals surface area contributed by atoms with Crippen LogP contribution in [0.15, 0.2) is 28.5 Å². The molecule has 0 N–H and O–H groups in total. The van der Waals surface area contributed by atoms with Crippen LogP contribution in [0.4, 0.5) is 5.13 Å². The Morgan fingerprint density at radius 3 is 2.46 bits per heavy atom. The summed E-state index contributed by atoms with van der Waals surface area (Å²) in [5, 5.41) is 0.623. The molecule has 11 heteroatoms. The molecule has 1 aliphatic rings. The number of anilines is 1. The summed E-state index contributed by atoms with van der Waals surface area (Å²) in [5.41, 5.74) is 3.07. The summed E-state index contributed by atoms with van der Waals surface area (Å²) >= 11 is 8.53. The second-order valence-electron chi connectivity index (χ2n) is 8.72. The van der Waals surface area contributed by atoms with E-state index in [-0.39, 0.29) is 10.1 Å². The number of hydrogen-bond acceptors (Lipinski definition) is 7. The Hall–Kier alpha value is -1.56. The van der Waals surface area contributed by atoms with Crippen molar-refractivity contribution >= 4 is 65.6 Å². The topological polar surface area (TPSA) is 73.8 Å². The first-order valence-electron chi connectivity index (χ1n) is 11.8. The molecule has 2 aromatic heterocycles. The van der Waals surface area contributed by atoms with Gasteiger partial charge in [0.2, 0.25) is 5.91 Å². The first-order chi connectivity index (χ1) is 16.7. The Morgan fingerprint density at radius 1 is 1.11 bits per heavy atom. The lowest BCUT2D eigenvalue weighted by atomic mass is 10.1. The minimum atomic E-state index is -3.81. The second kappa shape index (κ2) is 10.8. The van der Waals surface area contributed by atoms with Gasteiger partial charge in [-0.2, -0.15) is 4.31 Å². The van der Waals surface area contributed by atoms with Crippen LogP contribution < -0.4 is 4.90 Å². The van der Waals surface area contributed by atoms with E-state index in [0.29, 0.717) is 41.9 Å². The molecule has 1 fully saturated rings. The third kappa shape index (κ3) is 5.28. The summed E-state index contributed by atoms with van der Waals surface area (Å²) in [6.45, 7) is 11.5. The first-order valence-corrected chi connectivity index (χ1v) is 15.3. The summed E-state index contributed by atoms with van der Waals surface area (Å²) in [6.07, 6.45) is 1.12. The van der Waals surface area contributed by atoms with Crippen LogP contribution in [-0.2, 0) is 14.8 Å². The Balaban J connectivity index is 1.70. The number of thiophene rings is 1. The lowest BCUT2D eigenvalue weighted by Crippen LogP contribution is -2.49. The van der Waals surface area contributed by atoms with Crippen LogP contribution in [-0.4, -0.2) is 67.3 Å². The molecule has 1 aromatic carbocycles. The standard InChI is InChI=1S/C24H31ClN4O3S3/c1-5-27(6-2)14-15-28(24-26-21-16(3)9-10-17(4)22(21)34-24)23(30)18-8-7-13-29(18)35(31,32)20-12-11-19(25)33-20/h9-12,18H,5-8,13-15H2,1-4H3. The number of amides is 1. The molecular weight excluding hydrogens is 524 g/mol. The van der Waals surface area contributed by atoms with Crippen LogP contribution in [0.25, 0.3) is 10.2 Å². The van der Waals surface area contributed by atoms with Gasteiger partial charge in [-0.1, -0.05) is 48.9 Å². The monoisotopic (exact) mass is 554 g/mol. The number of carbonyl (C=O) groups excluding carboxylic acids is 1. The predicted octanol–water partition coefficient (Wildman–Crippen LogP) is 5.16. The first kappa shape index (κ1) is 26.5. The number of carbonyl (C=O) groups is 1. The van der Waals surface area contributed by atoms with Gasteiger partial charge in [0.25, 0.3) is 10.0 Å². The summed E-state index contributed by atoms with van der Waals surface area (Å²) in [5.74, 6) is -0.213. The van der Waals surface area contributed by atoms with E-state index >= 15 is 0 Å². The number of hydrogen-bond donors (Lipinski definition) is 0. The van der Waals surface area contributed by atoms with Gasteiger partial charge in [0.05, 0.1) is 14.6 Å². The fourth-order valence-electron chi connectivity index (χ4n) is 4.45. The number of halogens is 1. The second-order valence-corrected chi connectivity index (χ2v) is 13.5. The fraction of sp³-hybridized carbons (Fsp3) is 0.500. The third-order valence-electron chi connectivity index (χ3n) is 6.56. The lowest BCUT2D eigenvalue weighted by molar-refractivity contribution is -0.121. The van der Waals surface area contributed by atoms with E-state index in [1.165, 1.54) is 21.7 Å². The van der Waals surface area contributed by atoms with E-state index in [1.807, 2.05) is 19.9 Å². The van der Waals surface area contributed by atoms with Crippen molar-refractivity contribution in [2.45, 2.75) is 50.8 Å². The molecule has 1 amide bonds. The Labute approximate surface area is 220 Å². The van der Waals surface area contributed by atoms with Gasteiger partial charge < -0.3 is 4.90 Å². The van der Waals surface area contributed by atoms with Crippen molar-refractivity contribution in [3.8, 4) is 0 Å². The van der Waals surface area contributed by atoms with E-state index in [1.54, 1.807) is 11.0 Å². The molecule has 0 bridgehead atoms. The van der Waals surface area contributed by atoms with E-state index in [2.05, 4.69) is 24.8 Å². The molecule has 190 valence electrons. The zero-order chi connectivity index (χ0) is 25.3. The maximum atomic E-state index is 14.0. The van der Waals surface area contributed by atoms with Crippen LogP contribution in [0.3, 0.4) is 0 Å². The summed E-state index contributed by atoms with van der Waals surface area (Å²) < 4.78 is 29.8. The number of nitrogens with zero attached hydrogens (tertiary/aromatic N) is 4. The van der Waals surface area contributed by atoms with Gasteiger partial charge in [0, 0.05) is 19.6 Å². The van der Waals surface area contributed by atoms with Gasteiger partial charge in [0.15, 0.2) is 5.13 Å². The van der Waals surface area contributed by atoms with Crippen LogP contribution >= 0.6 is 34.3 Å². The average Bonchev–Trinajstić information content (AvgIpc) is 3.59. The highest BCUT2D eigenvalue weighted by atomic mass is 35.5. The van der Waals surface area contributed by atoms with Crippen molar-refractivity contribution in [1.82, 2.24) is 14.2 Å². The molecule has 1 unspecified atom stereocenters. The van der Waals surface area contributed by atoms with Gasteiger partial charge in [0.1, 0.15) is 10.3 Å². The van der Waals surface area contributed by atoms with Crippen LogP contribution in [0.2, 0.25) is 4.34 Å². The Morgan fingerprint density at radius 2 is 1.83 bits per heavy atom. The molecule has 0 radical (unpaired) electrons. The van der Waals surface area contributed by atoms with Crippen molar-refractivity contribution in [3.05, 3.63) is 39.7 Å². The van der Waals surface area contributed by atoms with Crippen LogP contribution in [0.1, 0.15) is 37.8 Å². The molecule has 1 saturated heterocycles. The maximum absolute atomic E-state index is 14.0. The molecule has 0 spiro atoms. The zero-order valence-corrected chi connectivity index (χ0v) is 23.7. The van der Waals surface area contributed by atoms with Crippen LogP contribution in [0, 0.1) is 13.8 Å². The molecule has 1 aliphatic heterocycles. The Bertz CT molecular complexity index is 1280. The molecule has 3 aromatic rings. The van der Waals surface area contributed by atoms with Gasteiger partial charge >= 0.3 is 0 Å². The molecule has 7 nitrogen and oxygen atoms in total. The quantitative estimate of drug-likeness (QED) is 0.365.